The average Bonchev–Trinajstić information content (AvgIpc) is 2.14. The van der Waals surface area contributed by atoms with E-state index in [0.717, 1.165) is 16.7 Å². The maximum absolute atomic E-state index is 5.69. The predicted octanol–water partition coefficient (Wildman–Crippen LogP) is 3.30. The van der Waals surface area contributed by atoms with Gasteiger partial charge in [-0.3, -0.25) is 0 Å². The van der Waals surface area contributed by atoms with Gasteiger partial charge in [0.15, 0.2) is 0 Å². The van der Waals surface area contributed by atoms with Gasteiger partial charge in [0.25, 0.3) is 0 Å². The van der Waals surface area contributed by atoms with Crippen LogP contribution in [0.5, 0.6) is 0 Å². The summed E-state index contributed by atoms with van der Waals surface area (Å²) in [7, 11) is 0. The van der Waals surface area contributed by atoms with E-state index in [9.17, 15) is 0 Å². The molecule has 1 nitrogen and oxygen atoms in total. The van der Waals surface area contributed by atoms with Gasteiger partial charge in [-0.25, -0.2) is 0 Å². The molecule has 72 valence electrons. The van der Waals surface area contributed by atoms with Gasteiger partial charge in [0.05, 0.1) is 0 Å². The lowest BCUT2D eigenvalue weighted by Gasteiger charge is -2.07. The normalized spacial score (nSPS) is 12.8. The van der Waals surface area contributed by atoms with Crippen LogP contribution in [0.15, 0.2) is 24.3 Å². The van der Waals surface area contributed by atoms with Gasteiger partial charge < -0.3 is 5.73 Å². The minimum absolute atomic E-state index is 0.737. The molecule has 1 unspecified atom stereocenters. The number of nitrogen functional groups attached to an aromatic ring is 1. The molecule has 1 aromatic rings. The summed E-state index contributed by atoms with van der Waals surface area (Å²) in [6.07, 6.45) is 1.23. The van der Waals surface area contributed by atoms with Crippen molar-refractivity contribution in [3.63, 3.8) is 0 Å². The minimum Gasteiger partial charge on any atom is -0.399 e. The summed E-state index contributed by atoms with van der Waals surface area (Å²) < 4.78 is 0. The fraction of sp³-hybridized carbons (Fsp3) is 0.455. The largest absolute Gasteiger partial charge is 0.399 e. The van der Waals surface area contributed by atoms with Crippen LogP contribution < -0.4 is 5.73 Å². The van der Waals surface area contributed by atoms with Crippen LogP contribution in [0.4, 0.5) is 5.69 Å². The van der Waals surface area contributed by atoms with E-state index in [-0.39, 0.29) is 0 Å². The molecule has 0 saturated carbocycles. The van der Waals surface area contributed by atoms with Gasteiger partial charge in [-0.15, -0.1) is 0 Å². The van der Waals surface area contributed by atoms with Crippen LogP contribution in [0.3, 0.4) is 0 Å². The number of benzene rings is 1. The molecule has 0 aromatic heterocycles. The smallest absolute Gasteiger partial charge is 0.0317 e. The number of thioether (sulfide) groups is 1. The summed E-state index contributed by atoms with van der Waals surface area (Å²) in [5, 5.41) is 0.737. The molecule has 0 amide bonds. The molecule has 13 heavy (non-hydrogen) atoms. The summed E-state index contributed by atoms with van der Waals surface area (Å²) >= 11 is 1.98. The van der Waals surface area contributed by atoms with E-state index < -0.39 is 0 Å². The zero-order valence-corrected chi connectivity index (χ0v) is 9.10. The van der Waals surface area contributed by atoms with Crippen molar-refractivity contribution in [2.45, 2.75) is 31.3 Å². The van der Waals surface area contributed by atoms with E-state index >= 15 is 0 Å². The Morgan fingerprint density at radius 3 is 2.85 bits per heavy atom. The number of hydrogen-bond acceptors (Lipinski definition) is 2. The number of nitrogens with two attached hydrogens (primary N) is 1. The lowest BCUT2D eigenvalue weighted by Crippen LogP contribution is -1.94. The van der Waals surface area contributed by atoms with Crippen molar-refractivity contribution in [3.05, 3.63) is 29.8 Å². The fourth-order valence-electron chi connectivity index (χ4n) is 1.04. The standard InChI is InChI=1S/C11H17NS/c1-3-9(2)13-8-10-5-4-6-11(12)7-10/h4-7,9H,3,8,12H2,1-2H3. The highest BCUT2D eigenvalue weighted by molar-refractivity contribution is 7.99. The molecular weight excluding hydrogens is 178 g/mol. The Kier molecular flexibility index (Phi) is 4.16. The highest BCUT2D eigenvalue weighted by Gasteiger charge is 1.99. The monoisotopic (exact) mass is 195 g/mol. The summed E-state index contributed by atoms with van der Waals surface area (Å²) in [4.78, 5) is 0. The van der Waals surface area contributed by atoms with Gasteiger partial charge in [-0.05, 0) is 24.1 Å². The summed E-state index contributed by atoms with van der Waals surface area (Å²) in [6, 6.07) is 8.13. The van der Waals surface area contributed by atoms with Crippen molar-refractivity contribution in [2.24, 2.45) is 0 Å². The molecule has 0 spiro atoms. The Hall–Kier alpha value is -0.630. The van der Waals surface area contributed by atoms with Crippen molar-refractivity contribution in [3.8, 4) is 0 Å². The second kappa shape index (κ2) is 5.18. The van der Waals surface area contributed by atoms with Gasteiger partial charge in [0, 0.05) is 16.7 Å². The fourth-order valence-corrected chi connectivity index (χ4v) is 1.93. The van der Waals surface area contributed by atoms with Crippen LogP contribution in [-0.4, -0.2) is 5.25 Å². The maximum Gasteiger partial charge on any atom is 0.0317 e. The second-order valence-corrected chi connectivity index (χ2v) is 4.70. The van der Waals surface area contributed by atoms with Crippen LogP contribution in [0, 0.1) is 0 Å². The van der Waals surface area contributed by atoms with Gasteiger partial charge in [0.1, 0.15) is 0 Å². The first kappa shape index (κ1) is 10.5. The Labute approximate surface area is 84.7 Å². The van der Waals surface area contributed by atoms with E-state index in [0.29, 0.717) is 0 Å². The third-order valence-electron chi connectivity index (χ3n) is 2.06. The third-order valence-corrected chi connectivity index (χ3v) is 3.46. The topological polar surface area (TPSA) is 26.0 Å². The highest BCUT2D eigenvalue weighted by atomic mass is 32.2. The zero-order chi connectivity index (χ0) is 9.68. The first-order chi connectivity index (χ1) is 6.22. The molecule has 0 heterocycles. The van der Waals surface area contributed by atoms with Crippen molar-refractivity contribution in [1.29, 1.82) is 0 Å². The molecule has 0 aliphatic heterocycles. The van der Waals surface area contributed by atoms with E-state index in [1.54, 1.807) is 0 Å². The van der Waals surface area contributed by atoms with E-state index in [2.05, 4.69) is 26.0 Å². The minimum atomic E-state index is 0.737. The van der Waals surface area contributed by atoms with Crippen LogP contribution in [-0.2, 0) is 5.75 Å². The van der Waals surface area contributed by atoms with E-state index in [4.69, 9.17) is 5.73 Å². The average molecular weight is 195 g/mol. The molecule has 2 N–H and O–H groups in total. The second-order valence-electron chi connectivity index (χ2n) is 3.27. The molecule has 0 aliphatic rings. The molecule has 1 rings (SSSR count). The zero-order valence-electron chi connectivity index (χ0n) is 8.29. The van der Waals surface area contributed by atoms with Crippen molar-refractivity contribution in [2.75, 3.05) is 5.73 Å². The van der Waals surface area contributed by atoms with Crippen molar-refractivity contribution >= 4 is 17.4 Å². The highest BCUT2D eigenvalue weighted by Crippen LogP contribution is 2.20. The summed E-state index contributed by atoms with van der Waals surface area (Å²) in [6.45, 7) is 4.48. The first-order valence-electron chi connectivity index (χ1n) is 4.68. The lowest BCUT2D eigenvalue weighted by molar-refractivity contribution is 0.905. The van der Waals surface area contributed by atoms with E-state index in [1.807, 2.05) is 23.9 Å². The lowest BCUT2D eigenvalue weighted by atomic mass is 10.2. The predicted molar refractivity (Wildman–Crippen MR) is 61.9 cm³/mol. The van der Waals surface area contributed by atoms with Gasteiger partial charge in [-0.1, -0.05) is 26.0 Å². The third kappa shape index (κ3) is 3.73. The number of rotatable bonds is 4. The number of anilines is 1. The van der Waals surface area contributed by atoms with Crippen LogP contribution in [0.1, 0.15) is 25.8 Å². The van der Waals surface area contributed by atoms with Crippen LogP contribution >= 0.6 is 11.8 Å². The van der Waals surface area contributed by atoms with Crippen LogP contribution in [0.25, 0.3) is 0 Å². The molecule has 2 heteroatoms. The molecule has 0 fully saturated rings. The molecule has 0 bridgehead atoms. The first-order valence-corrected chi connectivity index (χ1v) is 5.73. The quantitative estimate of drug-likeness (QED) is 0.746. The van der Waals surface area contributed by atoms with Gasteiger partial charge in [-0.2, -0.15) is 11.8 Å². The molecular formula is C11H17NS. The Morgan fingerprint density at radius 2 is 2.23 bits per heavy atom. The molecule has 1 aromatic carbocycles. The number of hydrogen-bond donors (Lipinski definition) is 1. The Balaban J connectivity index is 2.45. The summed E-state index contributed by atoms with van der Waals surface area (Å²) in [5.74, 6) is 1.07. The molecule has 1 atom stereocenters. The van der Waals surface area contributed by atoms with Crippen LogP contribution in [0.2, 0.25) is 0 Å². The Bertz CT molecular complexity index is 260. The van der Waals surface area contributed by atoms with Gasteiger partial charge >= 0.3 is 0 Å². The SMILES string of the molecule is CCC(C)SCc1cccc(N)c1. The Morgan fingerprint density at radius 1 is 1.46 bits per heavy atom. The maximum atomic E-state index is 5.69. The van der Waals surface area contributed by atoms with Crippen molar-refractivity contribution in [1.82, 2.24) is 0 Å². The van der Waals surface area contributed by atoms with Gasteiger partial charge in [0.2, 0.25) is 0 Å². The molecule has 0 aliphatic carbocycles. The summed E-state index contributed by atoms with van der Waals surface area (Å²) in [5.41, 5.74) is 7.88. The van der Waals surface area contributed by atoms with Crippen molar-refractivity contribution < 1.29 is 0 Å². The van der Waals surface area contributed by atoms with E-state index in [1.165, 1.54) is 12.0 Å². The molecule has 0 radical (unpaired) electrons. The molecule has 0 saturated heterocycles.